The number of anilines is 1. The van der Waals surface area contributed by atoms with E-state index in [1.54, 1.807) is 13.2 Å². The molecule has 0 unspecified atom stereocenters. The Morgan fingerprint density at radius 2 is 1.94 bits per heavy atom. The topological polar surface area (TPSA) is 87.4 Å². The molecule has 9 heteroatoms. The molecule has 9 nitrogen and oxygen atoms in total. The Balaban J connectivity index is 1.27. The van der Waals surface area contributed by atoms with Gasteiger partial charge in [-0.2, -0.15) is 4.52 Å². The highest BCUT2D eigenvalue weighted by Crippen LogP contribution is 2.34. The molecule has 2 aliphatic rings. The molecule has 2 aliphatic heterocycles. The maximum absolute atomic E-state index is 12.6. The van der Waals surface area contributed by atoms with Gasteiger partial charge in [0, 0.05) is 45.2 Å². The van der Waals surface area contributed by atoms with Gasteiger partial charge < -0.3 is 23.8 Å². The maximum Gasteiger partial charge on any atom is 0.274 e. The van der Waals surface area contributed by atoms with Crippen molar-refractivity contribution in [1.29, 1.82) is 0 Å². The van der Waals surface area contributed by atoms with E-state index in [1.807, 2.05) is 13.0 Å². The van der Waals surface area contributed by atoms with E-state index < -0.39 is 13.1 Å². The van der Waals surface area contributed by atoms with Crippen LogP contribution in [0.5, 0.6) is 17.2 Å². The van der Waals surface area contributed by atoms with Crippen molar-refractivity contribution in [3.05, 3.63) is 51.9 Å². The van der Waals surface area contributed by atoms with Crippen LogP contribution in [0.3, 0.4) is 0 Å². The molecule has 0 radical (unpaired) electrons. The van der Waals surface area contributed by atoms with Crippen molar-refractivity contribution >= 4 is 11.5 Å². The molecule has 0 aliphatic carbocycles. The van der Waals surface area contributed by atoms with Gasteiger partial charge in [0.2, 0.25) is 0 Å². The summed E-state index contributed by atoms with van der Waals surface area (Å²) in [6, 6.07) is 7.95. The Hall–Kier alpha value is -3.33. The van der Waals surface area contributed by atoms with Crippen LogP contribution < -0.4 is 24.7 Å². The number of piperidine rings is 1. The minimum absolute atomic E-state index is 0.0891. The maximum atomic E-state index is 12.6. The molecule has 32 heavy (non-hydrogen) atoms. The molecule has 5 rings (SSSR count). The summed E-state index contributed by atoms with van der Waals surface area (Å²) in [5.41, 5.74) is 1.69. The zero-order chi connectivity index (χ0) is 25.7. The standard InChI is InChI=1S/C23H26N4O5/c1-15-11-21-24-16(14-29-2)12-22(28)27(21)25-23(15)26-7-5-17(6-8-26)32-18-3-4-19-20(13-18)31-10-9-30-19/h3-4,11-13,17H,5-10,14H2,1-2H3/i9D2,10D2. The first-order chi connectivity index (χ1) is 17.1. The Kier molecular flexibility index (Phi) is 4.42. The molecule has 4 heterocycles. The summed E-state index contributed by atoms with van der Waals surface area (Å²) >= 11 is 0. The lowest BCUT2D eigenvalue weighted by molar-refractivity contribution is 0.159. The van der Waals surface area contributed by atoms with Gasteiger partial charge in [-0.05, 0) is 30.7 Å². The molecule has 0 saturated carbocycles. The lowest BCUT2D eigenvalue weighted by atomic mass is 10.1. The first-order valence-electron chi connectivity index (χ1n) is 12.4. The van der Waals surface area contributed by atoms with Gasteiger partial charge >= 0.3 is 0 Å². The van der Waals surface area contributed by atoms with Crippen molar-refractivity contribution in [3.8, 4) is 17.2 Å². The third-order valence-electron chi connectivity index (χ3n) is 5.48. The van der Waals surface area contributed by atoms with Gasteiger partial charge in [0.05, 0.1) is 17.8 Å². The summed E-state index contributed by atoms with van der Waals surface area (Å²) in [5.74, 6) is 1.42. The van der Waals surface area contributed by atoms with Crippen LogP contribution in [-0.4, -0.2) is 54.0 Å². The Morgan fingerprint density at radius 1 is 1.16 bits per heavy atom. The second kappa shape index (κ2) is 8.66. The Bertz CT molecular complexity index is 1360. The first-order valence-corrected chi connectivity index (χ1v) is 10.4. The summed E-state index contributed by atoms with van der Waals surface area (Å²) in [6.45, 7) is -1.69. The van der Waals surface area contributed by atoms with E-state index in [1.165, 1.54) is 22.7 Å². The van der Waals surface area contributed by atoms with Crippen LogP contribution in [0, 0.1) is 6.92 Å². The predicted octanol–water partition coefficient (Wildman–Crippen LogP) is 2.36. The molecule has 0 atom stereocenters. The van der Waals surface area contributed by atoms with Crippen molar-refractivity contribution in [2.24, 2.45) is 0 Å². The van der Waals surface area contributed by atoms with Gasteiger partial charge in [-0.15, -0.1) is 5.10 Å². The number of methoxy groups -OCH3 is 1. The number of aryl methyl sites for hydroxylation is 1. The van der Waals surface area contributed by atoms with Crippen LogP contribution in [0.25, 0.3) is 5.65 Å². The first kappa shape index (κ1) is 16.3. The van der Waals surface area contributed by atoms with Crippen LogP contribution in [-0.2, 0) is 11.3 Å². The minimum atomic E-state index is -2.63. The van der Waals surface area contributed by atoms with Crippen molar-refractivity contribution < 1.29 is 24.4 Å². The number of aromatic nitrogens is 3. The van der Waals surface area contributed by atoms with Crippen molar-refractivity contribution in [1.82, 2.24) is 14.6 Å². The molecule has 2 aromatic heterocycles. The number of benzene rings is 1. The number of nitrogens with zero attached hydrogens (tertiary/aromatic N) is 4. The number of rotatable bonds is 5. The third kappa shape index (κ3) is 4.08. The fourth-order valence-corrected chi connectivity index (χ4v) is 3.96. The van der Waals surface area contributed by atoms with E-state index in [0.717, 1.165) is 11.4 Å². The van der Waals surface area contributed by atoms with Crippen molar-refractivity contribution in [2.75, 3.05) is 38.2 Å². The quantitative estimate of drug-likeness (QED) is 0.595. The summed E-state index contributed by atoms with van der Waals surface area (Å²) in [4.78, 5) is 19.1. The largest absolute Gasteiger partial charge is 0.490 e. The second-order valence-corrected chi connectivity index (χ2v) is 7.76. The zero-order valence-corrected chi connectivity index (χ0v) is 17.8. The van der Waals surface area contributed by atoms with Gasteiger partial charge in [0.1, 0.15) is 25.0 Å². The summed E-state index contributed by atoms with van der Waals surface area (Å²) in [5, 5.41) is 4.57. The molecule has 1 fully saturated rings. The number of fused-ring (bicyclic) bond motifs is 2. The van der Waals surface area contributed by atoms with E-state index >= 15 is 0 Å². The van der Waals surface area contributed by atoms with Crippen molar-refractivity contribution in [2.45, 2.75) is 32.5 Å². The average molecular weight is 443 g/mol. The predicted molar refractivity (Wildman–Crippen MR) is 118 cm³/mol. The van der Waals surface area contributed by atoms with Crippen LogP contribution in [0.4, 0.5) is 5.82 Å². The Labute approximate surface area is 191 Å². The minimum Gasteiger partial charge on any atom is -0.490 e. The van der Waals surface area contributed by atoms with Gasteiger partial charge in [0.15, 0.2) is 23.0 Å². The van der Waals surface area contributed by atoms with E-state index in [2.05, 4.69) is 15.0 Å². The molecular formula is C23H26N4O5. The smallest absolute Gasteiger partial charge is 0.274 e. The van der Waals surface area contributed by atoms with Crippen LogP contribution in [0.15, 0.2) is 35.1 Å². The third-order valence-corrected chi connectivity index (χ3v) is 5.48. The monoisotopic (exact) mass is 442 g/mol. The van der Waals surface area contributed by atoms with Crippen LogP contribution in [0.2, 0.25) is 0 Å². The Morgan fingerprint density at radius 3 is 2.72 bits per heavy atom. The molecule has 1 saturated heterocycles. The highest BCUT2D eigenvalue weighted by atomic mass is 16.6. The molecule has 0 N–H and O–H groups in total. The summed E-state index contributed by atoms with van der Waals surface area (Å²) < 4.78 is 53.7. The number of hydrogen-bond donors (Lipinski definition) is 0. The lowest BCUT2D eigenvalue weighted by Gasteiger charge is -2.33. The number of hydrogen-bond acceptors (Lipinski definition) is 8. The summed E-state index contributed by atoms with van der Waals surface area (Å²) in [7, 11) is 1.55. The van der Waals surface area contributed by atoms with E-state index in [0.29, 0.717) is 43.0 Å². The lowest BCUT2D eigenvalue weighted by Crippen LogP contribution is -2.39. The molecule has 1 aromatic carbocycles. The number of ether oxygens (including phenoxy) is 4. The molecule has 3 aromatic rings. The normalized spacial score (nSPS) is 21.4. The van der Waals surface area contributed by atoms with E-state index in [9.17, 15) is 4.79 Å². The summed E-state index contributed by atoms with van der Waals surface area (Å²) in [6.07, 6.45) is 1.32. The average Bonchev–Trinajstić information content (AvgIpc) is 2.80. The molecule has 0 bridgehead atoms. The molecular weight excluding hydrogens is 412 g/mol. The molecule has 0 spiro atoms. The molecule has 0 amide bonds. The van der Waals surface area contributed by atoms with Gasteiger partial charge in [-0.3, -0.25) is 4.79 Å². The van der Waals surface area contributed by atoms with Gasteiger partial charge in [0.25, 0.3) is 5.56 Å². The van der Waals surface area contributed by atoms with Crippen LogP contribution >= 0.6 is 0 Å². The van der Waals surface area contributed by atoms with E-state index in [-0.39, 0.29) is 29.8 Å². The van der Waals surface area contributed by atoms with E-state index in [4.69, 9.17) is 24.4 Å². The SMILES string of the molecule is [2H]C1([2H])Oc2ccc(OC3CCN(c4nn5c(=O)cc(COC)nc5cc4C)CC3)cc2OC1([2H])[2H]. The van der Waals surface area contributed by atoms with Crippen molar-refractivity contribution in [3.63, 3.8) is 0 Å². The zero-order valence-electron chi connectivity index (χ0n) is 21.8. The highest BCUT2D eigenvalue weighted by Gasteiger charge is 2.24. The highest BCUT2D eigenvalue weighted by molar-refractivity contribution is 5.53. The fraction of sp³-hybridized carbons (Fsp3) is 0.435. The van der Waals surface area contributed by atoms with Crippen LogP contribution in [0.1, 0.15) is 29.6 Å². The molecule has 168 valence electrons. The van der Waals surface area contributed by atoms with Gasteiger partial charge in [-0.1, -0.05) is 0 Å². The van der Waals surface area contributed by atoms with Gasteiger partial charge in [-0.25, -0.2) is 4.98 Å². The fourth-order valence-electron chi connectivity index (χ4n) is 3.96. The second-order valence-electron chi connectivity index (χ2n) is 7.76.